The molecule has 0 aliphatic carbocycles. The van der Waals surface area contributed by atoms with Crippen LogP contribution in [0.4, 0.5) is 11.4 Å². The van der Waals surface area contributed by atoms with Crippen LogP contribution in [0.15, 0.2) is 47.9 Å². The van der Waals surface area contributed by atoms with E-state index in [4.69, 9.17) is 0 Å². The number of aromatic nitrogens is 2. The first kappa shape index (κ1) is 15.2. The van der Waals surface area contributed by atoms with Crippen molar-refractivity contribution in [3.8, 4) is 0 Å². The Morgan fingerprint density at radius 2 is 1.95 bits per heavy atom. The molecule has 2 heterocycles. The third kappa shape index (κ3) is 3.30. The maximum absolute atomic E-state index is 12.7. The van der Waals surface area contributed by atoms with Crippen molar-refractivity contribution in [2.24, 2.45) is 0 Å². The number of hydrogen-bond acceptors (Lipinski definition) is 5. The lowest BCUT2D eigenvalue weighted by molar-refractivity contribution is 0.594. The molecule has 0 aromatic carbocycles. The second-order valence-corrected chi connectivity index (χ2v) is 6.42. The van der Waals surface area contributed by atoms with E-state index in [2.05, 4.69) is 15.3 Å². The monoisotopic (exact) mass is 306 g/mol. The average molecular weight is 306 g/mol. The Kier molecular flexibility index (Phi) is 4.74. The zero-order valence-corrected chi connectivity index (χ0v) is 12.8. The molecule has 2 aromatic heterocycles. The minimum absolute atomic E-state index is 0.157. The van der Waals surface area contributed by atoms with Crippen molar-refractivity contribution < 1.29 is 8.42 Å². The molecule has 21 heavy (non-hydrogen) atoms. The smallest absolute Gasteiger partial charge is 0.267 e. The van der Waals surface area contributed by atoms with Crippen LogP contribution in [0.1, 0.15) is 13.3 Å². The van der Waals surface area contributed by atoms with Gasteiger partial charge in [-0.25, -0.2) is 8.42 Å². The quantitative estimate of drug-likeness (QED) is 0.885. The van der Waals surface area contributed by atoms with E-state index in [9.17, 15) is 8.42 Å². The molecule has 0 aliphatic rings. The number of rotatable bonds is 6. The molecule has 0 saturated heterocycles. The van der Waals surface area contributed by atoms with Crippen molar-refractivity contribution in [2.75, 3.05) is 23.2 Å². The van der Waals surface area contributed by atoms with Crippen molar-refractivity contribution in [2.45, 2.75) is 18.2 Å². The molecule has 0 fully saturated rings. The Balaban J connectivity index is 2.40. The molecule has 0 amide bonds. The highest BCUT2D eigenvalue weighted by Gasteiger charge is 2.24. The lowest BCUT2D eigenvalue weighted by Crippen LogP contribution is -2.27. The van der Waals surface area contributed by atoms with Crippen LogP contribution >= 0.6 is 0 Å². The summed E-state index contributed by atoms with van der Waals surface area (Å²) >= 11 is 0. The summed E-state index contributed by atoms with van der Waals surface area (Å²) in [6, 6.07) is 5.06. The second kappa shape index (κ2) is 6.53. The van der Waals surface area contributed by atoms with Crippen molar-refractivity contribution in [1.29, 1.82) is 0 Å². The number of nitrogens with one attached hydrogen (secondary N) is 1. The molecule has 6 nitrogen and oxygen atoms in total. The molecular formula is C14H18N4O2S. The van der Waals surface area contributed by atoms with Gasteiger partial charge >= 0.3 is 0 Å². The lowest BCUT2D eigenvalue weighted by atomic mass is 10.4. The summed E-state index contributed by atoms with van der Waals surface area (Å²) in [6.45, 7) is 2.72. The van der Waals surface area contributed by atoms with Crippen LogP contribution in [-0.4, -0.2) is 32.0 Å². The molecule has 7 heteroatoms. The topological polar surface area (TPSA) is 75.2 Å². The van der Waals surface area contributed by atoms with Crippen LogP contribution in [0.2, 0.25) is 0 Å². The SMILES string of the molecule is CCCNc1ccncc1S(=O)(=O)N(C)c1cccnc1. The minimum atomic E-state index is -3.68. The third-order valence-corrected chi connectivity index (χ3v) is 4.81. The molecular weight excluding hydrogens is 288 g/mol. The second-order valence-electron chi connectivity index (χ2n) is 4.48. The van der Waals surface area contributed by atoms with Crippen LogP contribution in [0.5, 0.6) is 0 Å². The number of nitrogens with zero attached hydrogens (tertiary/aromatic N) is 3. The van der Waals surface area contributed by atoms with E-state index in [1.54, 1.807) is 30.6 Å². The first-order valence-corrected chi connectivity index (χ1v) is 8.08. The van der Waals surface area contributed by atoms with Crippen LogP contribution in [0.3, 0.4) is 0 Å². The third-order valence-electron chi connectivity index (χ3n) is 3.00. The lowest BCUT2D eigenvalue weighted by Gasteiger charge is -2.20. The van der Waals surface area contributed by atoms with Crippen molar-refractivity contribution in [3.05, 3.63) is 43.0 Å². The maximum atomic E-state index is 12.7. The Hall–Kier alpha value is -2.15. The van der Waals surface area contributed by atoms with Gasteiger partial charge in [0.25, 0.3) is 10.0 Å². The van der Waals surface area contributed by atoms with Gasteiger partial charge in [0, 0.05) is 32.2 Å². The zero-order valence-electron chi connectivity index (χ0n) is 12.0. The predicted octanol–water partition coefficient (Wildman–Crippen LogP) is 2.12. The maximum Gasteiger partial charge on any atom is 0.267 e. The van der Waals surface area contributed by atoms with E-state index in [0.29, 0.717) is 17.9 Å². The summed E-state index contributed by atoms with van der Waals surface area (Å²) in [4.78, 5) is 8.04. The Labute approximate surface area is 124 Å². The highest BCUT2D eigenvalue weighted by Crippen LogP contribution is 2.26. The number of pyridine rings is 2. The fourth-order valence-corrected chi connectivity index (χ4v) is 3.11. The van der Waals surface area contributed by atoms with Gasteiger partial charge in [0.2, 0.25) is 0 Å². The molecule has 0 saturated carbocycles. The first-order valence-electron chi connectivity index (χ1n) is 6.64. The van der Waals surface area contributed by atoms with E-state index in [0.717, 1.165) is 6.42 Å². The average Bonchev–Trinajstić information content (AvgIpc) is 2.53. The van der Waals surface area contributed by atoms with Crippen molar-refractivity contribution in [3.63, 3.8) is 0 Å². The Morgan fingerprint density at radius 3 is 2.62 bits per heavy atom. The minimum Gasteiger partial charge on any atom is -0.384 e. The molecule has 0 spiro atoms. The molecule has 0 radical (unpaired) electrons. The van der Waals surface area contributed by atoms with E-state index < -0.39 is 10.0 Å². The summed E-state index contributed by atoms with van der Waals surface area (Å²) in [7, 11) is -2.18. The van der Waals surface area contributed by atoms with Crippen molar-refractivity contribution >= 4 is 21.4 Å². The highest BCUT2D eigenvalue weighted by atomic mass is 32.2. The van der Waals surface area contributed by atoms with Gasteiger partial charge in [0.05, 0.1) is 17.6 Å². The molecule has 112 valence electrons. The normalized spacial score (nSPS) is 11.1. The fraction of sp³-hybridized carbons (Fsp3) is 0.286. The summed E-state index contributed by atoms with van der Waals surface area (Å²) in [6.07, 6.45) is 6.94. The van der Waals surface area contributed by atoms with Gasteiger partial charge in [-0.3, -0.25) is 14.3 Å². The van der Waals surface area contributed by atoms with Gasteiger partial charge < -0.3 is 5.32 Å². The Bertz CT molecular complexity index is 689. The molecule has 0 bridgehead atoms. The largest absolute Gasteiger partial charge is 0.384 e. The number of hydrogen-bond donors (Lipinski definition) is 1. The van der Waals surface area contributed by atoms with E-state index in [1.807, 2.05) is 6.92 Å². The predicted molar refractivity (Wildman–Crippen MR) is 82.8 cm³/mol. The van der Waals surface area contributed by atoms with Gasteiger partial charge in [-0.1, -0.05) is 6.92 Å². The summed E-state index contributed by atoms with van der Waals surface area (Å²) in [5.41, 5.74) is 1.06. The zero-order chi connectivity index (χ0) is 15.3. The molecule has 0 atom stereocenters. The van der Waals surface area contributed by atoms with Crippen LogP contribution < -0.4 is 9.62 Å². The van der Waals surface area contributed by atoms with E-state index in [1.165, 1.54) is 23.7 Å². The Morgan fingerprint density at radius 1 is 1.19 bits per heavy atom. The molecule has 0 unspecified atom stereocenters. The molecule has 2 aromatic rings. The van der Waals surface area contributed by atoms with Gasteiger partial charge in [-0.15, -0.1) is 0 Å². The summed E-state index contributed by atoms with van der Waals surface area (Å²) in [5.74, 6) is 0. The summed E-state index contributed by atoms with van der Waals surface area (Å²) in [5, 5.41) is 3.11. The van der Waals surface area contributed by atoms with Gasteiger partial charge in [0.15, 0.2) is 0 Å². The van der Waals surface area contributed by atoms with Gasteiger partial charge in [0.1, 0.15) is 4.90 Å². The fourth-order valence-electron chi connectivity index (χ4n) is 1.82. The van der Waals surface area contributed by atoms with E-state index in [-0.39, 0.29) is 4.90 Å². The standard InChI is InChI=1S/C14H18N4O2S/c1-3-7-17-13-6-9-16-11-14(13)21(19,20)18(2)12-5-4-8-15-10-12/h4-6,8-11H,3,7H2,1-2H3,(H,16,17). The molecule has 2 rings (SSSR count). The van der Waals surface area contributed by atoms with E-state index >= 15 is 0 Å². The van der Waals surface area contributed by atoms with Gasteiger partial charge in [-0.05, 0) is 24.6 Å². The highest BCUT2D eigenvalue weighted by molar-refractivity contribution is 7.93. The van der Waals surface area contributed by atoms with Crippen LogP contribution in [-0.2, 0) is 10.0 Å². The van der Waals surface area contributed by atoms with Crippen LogP contribution in [0, 0.1) is 0 Å². The van der Waals surface area contributed by atoms with Gasteiger partial charge in [-0.2, -0.15) is 0 Å². The molecule has 1 N–H and O–H groups in total. The number of sulfonamides is 1. The van der Waals surface area contributed by atoms with Crippen LogP contribution in [0.25, 0.3) is 0 Å². The molecule has 0 aliphatic heterocycles. The number of anilines is 2. The summed E-state index contributed by atoms with van der Waals surface area (Å²) < 4.78 is 26.7. The first-order chi connectivity index (χ1) is 10.1. The van der Waals surface area contributed by atoms with Crippen molar-refractivity contribution in [1.82, 2.24) is 9.97 Å².